The average Bonchev–Trinajstić information content (AvgIpc) is 2.29. The molecule has 2 heterocycles. The monoisotopic (exact) mass is 198 g/mol. The third-order valence-electron chi connectivity index (χ3n) is 2.63. The summed E-state index contributed by atoms with van der Waals surface area (Å²) in [6.45, 7) is 0.533. The molecule has 0 atom stereocenters. The largest absolute Gasteiger partial charge is 0.288 e. The molecule has 0 radical (unpaired) electrons. The van der Waals surface area contributed by atoms with Crippen LogP contribution in [0.3, 0.4) is 0 Å². The fourth-order valence-electron chi connectivity index (χ4n) is 1.92. The number of pyridine rings is 1. The van der Waals surface area contributed by atoms with Crippen molar-refractivity contribution >= 4 is 22.7 Å². The topological polar surface area (TPSA) is 36.4 Å². The van der Waals surface area contributed by atoms with E-state index in [2.05, 4.69) is 4.98 Å². The van der Waals surface area contributed by atoms with Gasteiger partial charge in [-0.05, 0) is 12.1 Å². The van der Waals surface area contributed by atoms with Crippen LogP contribution in [0.25, 0.3) is 17.0 Å². The summed E-state index contributed by atoms with van der Waals surface area (Å²) in [5.74, 6) is 0. The van der Waals surface area contributed by atoms with Crippen molar-refractivity contribution in [1.29, 1.82) is 0 Å². The number of benzene rings is 1. The maximum Gasteiger partial charge on any atom is 0.0795 e. The Balaban J connectivity index is 2.39. The smallest absolute Gasteiger partial charge is 0.0795 e. The van der Waals surface area contributed by atoms with E-state index in [0.29, 0.717) is 6.54 Å². The van der Waals surface area contributed by atoms with Gasteiger partial charge in [-0.3, -0.25) is 15.3 Å². The summed E-state index contributed by atoms with van der Waals surface area (Å²) in [6.07, 6.45) is 5.71. The minimum atomic E-state index is 0.533. The molecule has 1 aliphatic heterocycles. The van der Waals surface area contributed by atoms with E-state index in [1.165, 1.54) is 5.06 Å². The molecule has 1 N–H and O–H groups in total. The summed E-state index contributed by atoms with van der Waals surface area (Å²) in [5.41, 5.74) is 2.75. The number of rotatable bonds is 0. The van der Waals surface area contributed by atoms with Gasteiger partial charge in [0, 0.05) is 17.1 Å². The molecule has 0 aliphatic carbocycles. The number of hydrogen-bond acceptors (Lipinski definition) is 3. The summed E-state index contributed by atoms with van der Waals surface area (Å²) in [4.78, 5) is 4.34. The number of hydroxylamine groups is 1. The highest BCUT2D eigenvalue weighted by molar-refractivity contribution is 5.93. The minimum Gasteiger partial charge on any atom is -0.288 e. The van der Waals surface area contributed by atoms with E-state index in [9.17, 15) is 5.21 Å². The van der Waals surface area contributed by atoms with Crippen LogP contribution in [0.4, 0.5) is 5.69 Å². The predicted octanol–water partition coefficient (Wildman–Crippen LogP) is 2.46. The third kappa shape index (κ3) is 1.21. The van der Waals surface area contributed by atoms with Crippen molar-refractivity contribution in [2.24, 2.45) is 0 Å². The molecule has 1 aromatic heterocycles. The van der Waals surface area contributed by atoms with E-state index >= 15 is 0 Å². The van der Waals surface area contributed by atoms with Crippen LogP contribution in [0.15, 0.2) is 36.5 Å². The van der Waals surface area contributed by atoms with Gasteiger partial charge in [0.05, 0.1) is 17.7 Å². The Bertz CT molecular complexity index is 548. The lowest BCUT2D eigenvalue weighted by Gasteiger charge is -2.21. The van der Waals surface area contributed by atoms with E-state index in [0.717, 1.165) is 22.2 Å². The van der Waals surface area contributed by atoms with Crippen LogP contribution in [0.5, 0.6) is 0 Å². The van der Waals surface area contributed by atoms with Gasteiger partial charge in [0.15, 0.2) is 0 Å². The fraction of sp³-hybridized carbons (Fsp3) is 0.0833. The van der Waals surface area contributed by atoms with Gasteiger partial charge in [-0.25, -0.2) is 0 Å². The van der Waals surface area contributed by atoms with Gasteiger partial charge >= 0.3 is 0 Å². The first-order valence-electron chi connectivity index (χ1n) is 4.87. The van der Waals surface area contributed by atoms with Gasteiger partial charge in [0.25, 0.3) is 0 Å². The quantitative estimate of drug-likeness (QED) is 0.706. The average molecular weight is 198 g/mol. The first-order chi connectivity index (χ1) is 7.36. The Morgan fingerprint density at radius 2 is 2.20 bits per heavy atom. The standard InChI is InChI=1S/C12H10N2O/c15-14-8-2-4-10-11(14)6-5-9-3-1-7-13-12(9)10/h1-7,15H,8H2. The third-order valence-corrected chi connectivity index (χ3v) is 2.63. The molecule has 0 bridgehead atoms. The summed E-state index contributed by atoms with van der Waals surface area (Å²) < 4.78 is 0. The maximum atomic E-state index is 9.68. The Labute approximate surface area is 87.2 Å². The van der Waals surface area contributed by atoms with Crippen LogP contribution in [0.2, 0.25) is 0 Å². The van der Waals surface area contributed by atoms with Crippen molar-refractivity contribution in [1.82, 2.24) is 4.98 Å². The molecule has 1 aliphatic rings. The zero-order valence-electron chi connectivity index (χ0n) is 8.09. The number of fused-ring (bicyclic) bond motifs is 3. The van der Waals surface area contributed by atoms with Crippen LogP contribution in [-0.2, 0) is 0 Å². The highest BCUT2D eigenvalue weighted by Gasteiger charge is 2.13. The van der Waals surface area contributed by atoms with Crippen molar-refractivity contribution in [3.05, 3.63) is 42.1 Å². The van der Waals surface area contributed by atoms with Crippen molar-refractivity contribution in [3.63, 3.8) is 0 Å². The zero-order chi connectivity index (χ0) is 10.3. The Kier molecular flexibility index (Phi) is 1.73. The van der Waals surface area contributed by atoms with Crippen LogP contribution in [0, 0.1) is 0 Å². The summed E-state index contributed by atoms with van der Waals surface area (Å²) in [6, 6.07) is 7.83. The minimum absolute atomic E-state index is 0.533. The normalized spacial score (nSPS) is 14.3. The maximum absolute atomic E-state index is 9.68. The van der Waals surface area contributed by atoms with Gasteiger partial charge < -0.3 is 0 Å². The van der Waals surface area contributed by atoms with Gasteiger partial charge in [-0.2, -0.15) is 0 Å². The molecular weight excluding hydrogens is 188 g/mol. The lowest BCUT2D eigenvalue weighted by molar-refractivity contribution is 0.265. The molecular formula is C12H10N2O. The molecule has 0 amide bonds. The van der Waals surface area contributed by atoms with Gasteiger partial charge in [-0.15, -0.1) is 0 Å². The fourth-order valence-corrected chi connectivity index (χ4v) is 1.92. The van der Waals surface area contributed by atoms with Gasteiger partial charge in [0.2, 0.25) is 0 Å². The molecule has 15 heavy (non-hydrogen) atoms. The van der Waals surface area contributed by atoms with Crippen molar-refractivity contribution in [3.8, 4) is 0 Å². The molecule has 0 unspecified atom stereocenters. The van der Waals surface area contributed by atoms with Crippen molar-refractivity contribution < 1.29 is 5.21 Å². The van der Waals surface area contributed by atoms with Crippen molar-refractivity contribution in [2.45, 2.75) is 0 Å². The molecule has 3 nitrogen and oxygen atoms in total. The lowest BCUT2D eigenvalue weighted by atomic mass is 10.0. The van der Waals surface area contributed by atoms with Crippen LogP contribution in [0.1, 0.15) is 5.56 Å². The second kappa shape index (κ2) is 3.07. The van der Waals surface area contributed by atoms with Crippen LogP contribution in [-0.4, -0.2) is 16.7 Å². The number of hydrogen-bond donors (Lipinski definition) is 1. The Morgan fingerprint density at radius 3 is 3.13 bits per heavy atom. The molecule has 0 fully saturated rings. The summed E-state index contributed by atoms with van der Waals surface area (Å²) in [5, 5.41) is 12.0. The molecule has 0 saturated carbocycles. The zero-order valence-corrected chi connectivity index (χ0v) is 8.09. The summed E-state index contributed by atoms with van der Waals surface area (Å²) in [7, 11) is 0. The molecule has 74 valence electrons. The number of nitrogens with zero attached hydrogens (tertiary/aromatic N) is 2. The van der Waals surface area contributed by atoms with Gasteiger partial charge in [0.1, 0.15) is 0 Å². The lowest BCUT2D eigenvalue weighted by Crippen LogP contribution is -2.21. The first kappa shape index (κ1) is 8.44. The summed E-state index contributed by atoms with van der Waals surface area (Å²) >= 11 is 0. The van der Waals surface area contributed by atoms with Crippen molar-refractivity contribution in [2.75, 3.05) is 11.6 Å². The van der Waals surface area contributed by atoms with E-state index in [4.69, 9.17) is 0 Å². The molecule has 0 spiro atoms. The molecule has 3 heteroatoms. The molecule has 3 rings (SSSR count). The van der Waals surface area contributed by atoms with Gasteiger partial charge in [-0.1, -0.05) is 24.3 Å². The first-order valence-corrected chi connectivity index (χ1v) is 4.87. The SMILES string of the molecule is ON1CC=Cc2c1ccc1cccnc21. The van der Waals surface area contributed by atoms with Crippen LogP contribution < -0.4 is 5.06 Å². The predicted molar refractivity (Wildman–Crippen MR) is 59.9 cm³/mol. The van der Waals surface area contributed by atoms with E-state index in [1.54, 1.807) is 6.20 Å². The van der Waals surface area contributed by atoms with E-state index in [1.807, 2.05) is 36.4 Å². The number of anilines is 1. The highest BCUT2D eigenvalue weighted by Crippen LogP contribution is 2.30. The molecule has 2 aromatic rings. The number of aromatic nitrogens is 1. The van der Waals surface area contributed by atoms with E-state index < -0.39 is 0 Å². The second-order valence-electron chi connectivity index (χ2n) is 3.56. The molecule has 0 saturated heterocycles. The van der Waals surface area contributed by atoms with E-state index in [-0.39, 0.29) is 0 Å². The second-order valence-corrected chi connectivity index (χ2v) is 3.56. The Hall–Kier alpha value is -1.87. The molecule has 1 aromatic carbocycles. The Morgan fingerprint density at radius 1 is 1.27 bits per heavy atom. The van der Waals surface area contributed by atoms with Crippen LogP contribution >= 0.6 is 0 Å². The highest BCUT2D eigenvalue weighted by atomic mass is 16.5.